The van der Waals surface area contributed by atoms with Gasteiger partial charge in [0.15, 0.2) is 0 Å². The summed E-state index contributed by atoms with van der Waals surface area (Å²) in [5.74, 6) is 0.340. The number of hydrogen-bond acceptors (Lipinski definition) is 3. The molecule has 0 amide bonds. The van der Waals surface area contributed by atoms with Crippen molar-refractivity contribution in [2.75, 3.05) is 11.6 Å². The first-order valence-corrected chi connectivity index (χ1v) is 6.90. The normalized spacial score (nSPS) is 21.5. The second kappa shape index (κ2) is 4.65. The summed E-state index contributed by atoms with van der Waals surface area (Å²) in [4.78, 5) is 0. The highest BCUT2D eigenvalue weighted by Crippen LogP contribution is 2.49. The maximum absolute atomic E-state index is 8.67. The predicted molar refractivity (Wildman–Crippen MR) is 76.0 cm³/mol. The number of guanidine groups is 1. The van der Waals surface area contributed by atoms with Crippen LogP contribution in [0.5, 0.6) is 0 Å². The van der Waals surface area contributed by atoms with Gasteiger partial charge >= 0.3 is 0 Å². The zero-order chi connectivity index (χ0) is 13.6. The molecule has 0 saturated heterocycles. The van der Waals surface area contributed by atoms with Crippen LogP contribution in [-0.4, -0.2) is 17.7 Å². The fourth-order valence-electron chi connectivity index (χ4n) is 3.06. The average molecular weight is 301 g/mol. The molecule has 1 aromatic rings. The number of nitrogens with one attached hydrogen (secondary N) is 1. The molecule has 0 saturated carbocycles. The minimum Gasteiger partial charge on any atom is -0.408 e. The summed E-state index contributed by atoms with van der Waals surface area (Å²) < 4.78 is 0. The zero-order valence-corrected chi connectivity index (χ0v) is 11.7. The maximum Gasteiger partial charge on any atom is 0.249 e. The first kappa shape index (κ1) is 12.7. The number of anilines is 1. The summed E-state index contributed by atoms with van der Waals surface area (Å²) >= 11 is 12.6. The van der Waals surface area contributed by atoms with Gasteiger partial charge in [0.25, 0.3) is 0 Å². The quantitative estimate of drug-likeness (QED) is 0.322. The van der Waals surface area contributed by atoms with Gasteiger partial charge in [0.2, 0.25) is 5.96 Å². The van der Waals surface area contributed by atoms with Crippen molar-refractivity contribution in [2.45, 2.75) is 25.2 Å². The Morgan fingerprint density at radius 3 is 3.00 bits per heavy atom. The molecule has 102 valence electrons. The second-order valence-electron chi connectivity index (χ2n) is 4.88. The average Bonchev–Trinajstić information content (AvgIpc) is 2.75. The predicted octanol–water partition coefficient (Wildman–Crippen LogP) is 2.44. The van der Waals surface area contributed by atoms with Crippen LogP contribution in [0.1, 0.15) is 29.9 Å². The first-order valence-electron chi connectivity index (χ1n) is 6.14. The minimum atomic E-state index is -0.0570. The van der Waals surface area contributed by atoms with Gasteiger partial charge in [0.1, 0.15) is 0 Å². The summed E-state index contributed by atoms with van der Waals surface area (Å²) in [6, 6.07) is 1.77. The highest BCUT2D eigenvalue weighted by atomic mass is 35.5. The molecule has 0 bridgehead atoms. The summed E-state index contributed by atoms with van der Waals surface area (Å²) in [5.41, 5.74) is 11.6. The number of benzene rings is 1. The van der Waals surface area contributed by atoms with Gasteiger partial charge in [0.05, 0.1) is 10.7 Å². The van der Waals surface area contributed by atoms with Crippen LogP contribution in [0.3, 0.4) is 0 Å². The third-order valence-corrected chi connectivity index (χ3v) is 4.39. The molecule has 7 heteroatoms. The lowest BCUT2D eigenvalue weighted by Crippen LogP contribution is -2.45. The Balaban J connectivity index is 2.09. The highest BCUT2D eigenvalue weighted by molar-refractivity contribution is 6.37. The molecular formula is C12H14Cl2N4O. The zero-order valence-electron chi connectivity index (χ0n) is 10.2. The summed E-state index contributed by atoms with van der Waals surface area (Å²) in [6.07, 6.45) is 3.20. The van der Waals surface area contributed by atoms with E-state index < -0.39 is 0 Å². The number of nitrogens with two attached hydrogens (primary N) is 1. The summed E-state index contributed by atoms with van der Waals surface area (Å²) in [7, 11) is 0. The number of nitrogens with zero attached hydrogens (tertiary/aromatic N) is 2. The molecule has 19 heavy (non-hydrogen) atoms. The Hall–Kier alpha value is -1.33. The molecule has 0 fully saturated rings. The van der Waals surface area contributed by atoms with Gasteiger partial charge in [-0.1, -0.05) is 28.4 Å². The van der Waals surface area contributed by atoms with Crippen molar-refractivity contribution in [3.63, 3.8) is 0 Å². The van der Waals surface area contributed by atoms with E-state index in [1.165, 1.54) is 11.1 Å². The standard InChI is InChI=1S/C12H14Cl2N4O/c13-8-4-9(14)11-10-6(2-1-3-7(8)10)5-18(11)16-12(15)17-19/h4,6,19H,1-3,5H2,(H3,15,16,17). The van der Waals surface area contributed by atoms with E-state index in [0.29, 0.717) is 10.9 Å². The highest BCUT2D eigenvalue weighted by Gasteiger charge is 2.36. The maximum atomic E-state index is 8.67. The van der Waals surface area contributed by atoms with Crippen LogP contribution in [0.25, 0.3) is 0 Å². The first-order chi connectivity index (χ1) is 9.11. The molecule has 1 atom stereocenters. The monoisotopic (exact) mass is 300 g/mol. The molecule has 4 N–H and O–H groups in total. The second-order valence-corrected chi connectivity index (χ2v) is 5.69. The Bertz CT molecular complexity index is 561. The van der Waals surface area contributed by atoms with E-state index >= 15 is 0 Å². The van der Waals surface area contributed by atoms with Crippen molar-refractivity contribution >= 4 is 34.8 Å². The van der Waals surface area contributed by atoms with Gasteiger partial charge in [-0.25, -0.2) is 0 Å². The molecule has 5 nitrogen and oxygen atoms in total. The lowest BCUT2D eigenvalue weighted by Gasteiger charge is -2.22. The van der Waals surface area contributed by atoms with E-state index in [0.717, 1.165) is 36.5 Å². The van der Waals surface area contributed by atoms with E-state index in [2.05, 4.69) is 10.6 Å². The third kappa shape index (κ3) is 1.97. The molecule has 0 aromatic heterocycles. The van der Waals surface area contributed by atoms with Crippen LogP contribution >= 0.6 is 23.2 Å². The van der Waals surface area contributed by atoms with Crippen LogP contribution in [0.4, 0.5) is 5.69 Å². The van der Waals surface area contributed by atoms with Crippen LogP contribution in [-0.2, 0) is 6.42 Å². The topological polar surface area (TPSA) is 73.9 Å². The van der Waals surface area contributed by atoms with Crippen LogP contribution < -0.4 is 16.2 Å². The molecule has 0 spiro atoms. The van der Waals surface area contributed by atoms with Crippen molar-refractivity contribution in [1.82, 2.24) is 5.43 Å². The van der Waals surface area contributed by atoms with E-state index in [-0.39, 0.29) is 5.96 Å². The van der Waals surface area contributed by atoms with E-state index in [1.807, 2.05) is 5.01 Å². The molecule has 1 aromatic carbocycles. The molecule has 2 aliphatic rings. The number of hydrogen-bond donors (Lipinski definition) is 3. The van der Waals surface area contributed by atoms with E-state index in [1.54, 1.807) is 6.07 Å². The van der Waals surface area contributed by atoms with Crippen molar-refractivity contribution in [3.05, 3.63) is 27.2 Å². The Morgan fingerprint density at radius 2 is 2.26 bits per heavy atom. The van der Waals surface area contributed by atoms with Crippen LogP contribution in [0, 0.1) is 0 Å². The number of oxime groups is 1. The van der Waals surface area contributed by atoms with Gasteiger partial charge in [-0.2, -0.15) is 0 Å². The van der Waals surface area contributed by atoms with Crippen LogP contribution in [0.2, 0.25) is 10.0 Å². The molecule has 1 unspecified atom stereocenters. The van der Waals surface area contributed by atoms with Gasteiger partial charge in [-0.3, -0.25) is 10.4 Å². The van der Waals surface area contributed by atoms with E-state index in [4.69, 9.17) is 34.1 Å². The van der Waals surface area contributed by atoms with Gasteiger partial charge in [-0.15, -0.1) is 0 Å². The fourth-order valence-corrected chi connectivity index (χ4v) is 3.74. The Kier molecular flexibility index (Phi) is 3.11. The molecule has 1 heterocycles. The van der Waals surface area contributed by atoms with Gasteiger partial charge in [-0.05, 0) is 36.5 Å². The fraction of sp³-hybridized carbons (Fsp3) is 0.417. The third-order valence-electron chi connectivity index (χ3n) is 3.77. The van der Waals surface area contributed by atoms with Crippen molar-refractivity contribution in [3.8, 4) is 0 Å². The van der Waals surface area contributed by atoms with Gasteiger partial charge < -0.3 is 10.9 Å². The van der Waals surface area contributed by atoms with E-state index in [9.17, 15) is 0 Å². The minimum absolute atomic E-state index is 0.0570. The smallest absolute Gasteiger partial charge is 0.249 e. The lowest BCUT2D eigenvalue weighted by atomic mass is 9.84. The summed E-state index contributed by atoms with van der Waals surface area (Å²) in [5, 5.41) is 14.8. The molecule has 3 rings (SSSR count). The van der Waals surface area contributed by atoms with Crippen molar-refractivity contribution in [2.24, 2.45) is 10.9 Å². The molecule has 0 radical (unpaired) electrons. The van der Waals surface area contributed by atoms with Gasteiger partial charge in [0, 0.05) is 17.5 Å². The van der Waals surface area contributed by atoms with Crippen molar-refractivity contribution < 1.29 is 5.21 Å². The number of halogens is 2. The van der Waals surface area contributed by atoms with Crippen molar-refractivity contribution in [1.29, 1.82) is 0 Å². The molecular weight excluding hydrogens is 287 g/mol. The molecule has 1 aliphatic carbocycles. The summed E-state index contributed by atoms with van der Waals surface area (Å²) in [6.45, 7) is 0.749. The number of hydrazine groups is 1. The number of rotatable bonds is 1. The van der Waals surface area contributed by atoms with Crippen LogP contribution in [0.15, 0.2) is 11.2 Å². The SMILES string of the molecule is NC(=NO)NN1CC2CCCc3c(Cl)cc(Cl)c1c32. The lowest BCUT2D eigenvalue weighted by molar-refractivity contribution is 0.315. The Labute approximate surface area is 120 Å². The largest absolute Gasteiger partial charge is 0.408 e. The molecule has 1 aliphatic heterocycles. The Morgan fingerprint density at radius 1 is 1.47 bits per heavy atom.